The van der Waals surface area contributed by atoms with E-state index in [4.69, 9.17) is 5.73 Å². The molecule has 1 aromatic carbocycles. The van der Waals surface area contributed by atoms with Crippen molar-refractivity contribution in [3.63, 3.8) is 0 Å². The van der Waals surface area contributed by atoms with E-state index in [1.165, 1.54) is 12.1 Å². The molecule has 0 aliphatic carbocycles. The van der Waals surface area contributed by atoms with E-state index in [2.05, 4.69) is 5.32 Å². The first kappa shape index (κ1) is 14.5. The molecular weight excluding hydrogens is 245 g/mol. The van der Waals surface area contributed by atoms with E-state index >= 15 is 0 Å². The number of alkyl halides is 3. The van der Waals surface area contributed by atoms with Crippen LogP contribution < -0.4 is 11.1 Å². The second-order valence-corrected chi connectivity index (χ2v) is 3.96. The smallest absolute Gasteiger partial charge is 0.325 e. The third-order valence-electron chi connectivity index (χ3n) is 2.42. The summed E-state index contributed by atoms with van der Waals surface area (Å²) in [6.07, 6.45) is -3.07. The van der Waals surface area contributed by atoms with Gasteiger partial charge in [0.2, 0.25) is 5.91 Å². The topological polar surface area (TPSA) is 55.1 Å². The summed E-state index contributed by atoms with van der Waals surface area (Å²) < 4.78 is 36.9. The van der Waals surface area contributed by atoms with Crippen LogP contribution in [0.3, 0.4) is 0 Å². The Morgan fingerprint density at radius 3 is 2.33 bits per heavy atom. The third kappa shape index (κ3) is 4.03. The molecular formula is C12H15F3N2O. The quantitative estimate of drug-likeness (QED) is 0.874. The predicted molar refractivity (Wildman–Crippen MR) is 63.0 cm³/mol. The Morgan fingerprint density at radius 2 is 1.89 bits per heavy atom. The van der Waals surface area contributed by atoms with Crippen LogP contribution in [-0.2, 0) is 11.0 Å². The summed E-state index contributed by atoms with van der Waals surface area (Å²) in [4.78, 5) is 11.5. The summed E-state index contributed by atoms with van der Waals surface area (Å²) >= 11 is 0. The fraction of sp³-hybridized carbons (Fsp3) is 0.417. The lowest BCUT2D eigenvalue weighted by atomic mass is 10.1. The highest BCUT2D eigenvalue weighted by molar-refractivity contribution is 5.94. The van der Waals surface area contributed by atoms with Crippen LogP contribution in [0.25, 0.3) is 0 Å². The largest absolute Gasteiger partial charge is 0.416 e. The Bertz CT molecular complexity index is 401. The van der Waals surface area contributed by atoms with Crippen molar-refractivity contribution >= 4 is 11.6 Å². The van der Waals surface area contributed by atoms with E-state index in [1.54, 1.807) is 0 Å². The number of nitrogens with two attached hydrogens (primary N) is 1. The highest BCUT2D eigenvalue weighted by Gasteiger charge is 2.30. The predicted octanol–water partition coefficient (Wildman–Crippen LogP) is 2.77. The molecule has 3 nitrogen and oxygen atoms in total. The van der Waals surface area contributed by atoms with Gasteiger partial charge < -0.3 is 11.1 Å². The van der Waals surface area contributed by atoms with Gasteiger partial charge in [0.15, 0.2) is 0 Å². The molecule has 0 aliphatic heterocycles. The van der Waals surface area contributed by atoms with E-state index in [0.717, 1.165) is 18.6 Å². The summed E-state index contributed by atoms with van der Waals surface area (Å²) in [5.41, 5.74) is 5.14. The zero-order valence-electron chi connectivity index (χ0n) is 9.92. The lowest BCUT2D eigenvalue weighted by Gasteiger charge is -2.12. The van der Waals surface area contributed by atoms with E-state index in [9.17, 15) is 18.0 Å². The van der Waals surface area contributed by atoms with E-state index in [-0.39, 0.29) is 0 Å². The zero-order chi connectivity index (χ0) is 13.8. The minimum absolute atomic E-state index is 0.305. The second-order valence-electron chi connectivity index (χ2n) is 3.96. The minimum Gasteiger partial charge on any atom is -0.325 e. The number of carbonyl (C=O) groups is 1. The van der Waals surface area contributed by atoms with Gasteiger partial charge in [-0.25, -0.2) is 0 Å². The molecule has 1 amide bonds. The number of anilines is 1. The van der Waals surface area contributed by atoms with Gasteiger partial charge in [-0.2, -0.15) is 13.2 Å². The van der Waals surface area contributed by atoms with Crippen LogP contribution in [-0.4, -0.2) is 11.9 Å². The lowest BCUT2D eigenvalue weighted by molar-refractivity contribution is -0.137. The monoisotopic (exact) mass is 260 g/mol. The van der Waals surface area contributed by atoms with Gasteiger partial charge in [0, 0.05) is 5.69 Å². The Morgan fingerprint density at radius 1 is 1.33 bits per heavy atom. The molecule has 0 spiro atoms. The van der Waals surface area contributed by atoms with Gasteiger partial charge in [-0.05, 0) is 30.7 Å². The van der Waals surface area contributed by atoms with Gasteiger partial charge in [-0.1, -0.05) is 13.3 Å². The van der Waals surface area contributed by atoms with Crippen LogP contribution in [0.5, 0.6) is 0 Å². The van der Waals surface area contributed by atoms with E-state index in [0.29, 0.717) is 12.1 Å². The van der Waals surface area contributed by atoms with Gasteiger partial charge in [0.1, 0.15) is 0 Å². The molecule has 0 saturated carbocycles. The molecule has 0 unspecified atom stereocenters. The van der Waals surface area contributed by atoms with Crippen molar-refractivity contribution in [2.75, 3.05) is 5.32 Å². The molecule has 1 atom stereocenters. The van der Waals surface area contributed by atoms with Gasteiger partial charge in [0.05, 0.1) is 11.6 Å². The van der Waals surface area contributed by atoms with Crippen molar-refractivity contribution in [3.8, 4) is 0 Å². The summed E-state index contributed by atoms with van der Waals surface area (Å²) in [6.45, 7) is 1.89. The van der Waals surface area contributed by atoms with Crippen molar-refractivity contribution < 1.29 is 18.0 Å². The van der Waals surface area contributed by atoms with Crippen LogP contribution in [0.2, 0.25) is 0 Å². The Hall–Kier alpha value is -1.56. The Labute approximate surface area is 103 Å². The van der Waals surface area contributed by atoms with Crippen LogP contribution >= 0.6 is 0 Å². The van der Waals surface area contributed by atoms with Gasteiger partial charge in [-0.15, -0.1) is 0 Å². The molecule has 1 aromatic rings. The van der Waals surface area contributed by atoms with Crippen LogP contribution in [0, 0.1) is 0 Å². The number of halogens is 3. The zero-order valence-corrected chi connectivity index (χ0v) is 9.92. The number of hydrogen-bond acceptors (Lipinski definition) is 2. The summed E-state index contributed by atoms with van der Waals surface area (Å²) in [6, 6.07) is 3.61. The maximum absolute atomic E-state index is 12.3. The SMILES string of the molecule is CCC[C@H](N)C(=O)Nc1ccc(C(F)(F)F)cc1. The first-order chi connectivity index (χ1) is 8.34. The fourth-order valence-corrected chi connectivity index (χ4v) is 1.42. The molecule has 100 valence electrons. The number of carbonyl (C=O) groups excluding carboxylic acids is 1. The highest BCUT2D eigenvalue weighted by Crippen LogP contribution is 2.29. The molecule has 0 aliphatic rings. The number of benzene rings is 1. The standard InChI is InChI=1S/C12H15F3N2O/c1-2-3-10(16)11(18)17-9-6-4-8(5-7-9)12(13,14)15/h4-7,10H,2-3,16H2,1H3,(H,17,18)/t10-/m0/s1. The van der Waals surface area contributed by atoms with Crippen LogP contribution in [0.1, 0.15) is 25.3 Å². The molecule has 0 heterocycles. The normalized spacial score (nSPS) is 13.2. The molecule has 1 rings (SSSR count). The lowest BCUT2D eigenvalue weighted by Crippen LogP contribution is -2.35. The molecule has 18 heavy (non-hydrogen) atoms. The maximum Gasteiger partial charge on any atom is 0.416 e. The highest BCUT2D eigenvalue weighted by atomic mass is 19.4. The summed E-state index contributed by atoms with van der Waals surface area (Å²) in [7, 11) is 0. The maximum atomic E-state index is 12.3. The molecule has 0 bridgehead atoms. The van der Waals surface area contributed by atoms with Gasteiger partial charge in [0.25, 0.3) is 0 Å². The Kier molecular flexibility index (Phi) is 4.72. The Balaban J connectivity index is 2.67. The molecule has 0 saturated heterocycles. The number of nitrogens with one attached hydrogen (secondary N) is 1. The van der Waals surface area contributed by atoms with Crippen molar-refractivity contribution in [2.24, 2.45) is 5.73 Å². The third-order valence-corrected chi connectivity index (χ3v) is 2.42. The minimum atomic E-state index is -4.37. The first-order valence-corrected chi connectivity index (χ1v) is 5.58. The van der Waals surface area contributed by atoms with Crippen molar-refractivity contribution in [3.05, 3.63) is 29.8 Å². The molecule has 0 radical (unpaired) electrons. The number of rotatable bonds is 4. The first-order valence-electron chi connectivity index (χ1n) is 5.58. The molecule has 0 fully saturated rings. The number of amides is 1. The van der Waals surface area contributed by atoms with E-state index < -0.39 is 23.7 Å². The van der Waals surface area contributed by atoms with Crippen LogP contribution in [0.15, 0.2) is 24.3 Å². The fourth-order valence-electron chi connectivity index (χ4n) is 1.42. The van der Waals surface area contributed by atoms with E-state index in [1.807, 2.05) is 6.92 Å². The van der Waals surface area contributed by atoms with Crippen molar-refractivity contribution in [1.82, 2.24) is 0 Å². The van der Waals surface area contributed by atoms with Crippen molar-refractivity contribution in [2.45, 2.75) is 32.0 Å². The van der Waals surface area contributed by atoms with Gasteiger partial charge in [-0.3, -0.25) is 4.79 Å². The molecule has 3 N–H and O–H groups in total. The van der Waals surface area contributed by atoms with Crippen LogP contribution in [0.4, 0.5) is 18.9 Å². The number of hydrogen-bond donors (Lipinski definition) is 2. The van der Waals surface area contributed by atoms with Gasteiger partial charge >= 0.3 is 6.18 Å². The summed E-state index contributed by atoms with van der Waals surface area (Å²) in [5.74, 6) is -0.392. The summed E-state index contributed by atoms with van der Waals surface area (Å²) in [5, 5.41) is 2.47. The molecule has 0 aromatic heterocycles. The molecule has 6 heteroatoms. The second kappa shape index (κ2) is 5.86. The average molecular weight is 260 g/mol. The van der Waals surface area contributed by atoms with Crippen molar-refractivity contribution in [1.29, 1.82) is 0 Å². The average Bonchev–Trinajstić information content (AvgIpc) is 2.28.